The highest BCUT2D eigenvalue weighted by atomic mass is 16.6. The van der Waals surface area contributed by atoms with Crippen LogP contribution in [0.25, 0.3) is 6.08 Å². The van der Waals surface area contributed by atoms with Crippen molar-refractivity contribution in [2.45, 2.75) is 34.1 Å². The first kappa shape index (κ1) is 28.6. The molecule has 0 amide bonds. The van der Waals surface area contributed by atoms with E-state index in [1.54, 1.807) is 0 Å². The number of carbonyl (C=O) groups is 3. The van der Waals surface area contributed by atoms with Gasteiger partial charge in [-0.15, -0.1) is 0 Å². The Balaban J connectivity index is 0.000000995. The third-order valence-corrected chi connectivity index (χ3v) is 4.36. The Bertz CT molecular complexity index is 761. The third-order valence-electron chi connectivity index (χ3n) is 4.36. The number of benzene rings is 1. The van der Waals surface area contributed by atoms with Crippen molar-refractivity contribution in [1.82, 2.24) is 0 Å². The van der Waals surface area contributed by atoms with Gasteiger partial charge in [0.2, 0.25) is 0 Å². The average molecular weight is 443 g/mol. The van der Waals surface area contributed by atoms with E-state index >= 15 is 0 Å². The van der Waals surface area contributed by atoms with E-state index in [2.05, 4.69) is 26.3 Å². The van der Waals surface area contributed by atoms with Crippen LogP contribution in [0.5, 0.6) is 0 Å². The molecule has 0 heterocycles. The summed E-state index contributed by atoms with van der Waals surface area (Å²) < 4.78 is 15.5. The zero-order valence-electron chi connectivity index (χ0n) is 19.6. The summed E-state index contributed by atoms with van der Waals surface area (Å²) in [5, 5.41) is 0. The third kappa shape index (κ3) is 11.1. The van der Waals surface area contributed by atoms with Gasteiger partial charge >= 0.3 is 17.9 Å². The van der Waals surface area contributed by atoms with Crippen LogP contribution in [0.4, 0.5) is 0 Å². The van der Waals surface area contributed by atoms with E-state index in [4.69, 9.17) is 14.2 Å². The molecule has 0 spiro atoms. The second-order valence-electron chi connectivity index (χ2n) is 7.54. The van der Waals surface area contributed by atoms with E-state index in [1.165, 1.54) is 26.3 Å². The van der Waals surface area contributed by atoms with E-state index in [-0.39, 0.29) is 36.5 Å². The van der Waals surface area contributed by atoms with Gasteiger partial charge in [-0.1, -0.05) is 69.6 Å². The van der Waals surface area contributed by atoms with Gasteiger partial charge in [-0.25, -0.2) is 14.4 Å². The molecule has 174 valence electrons. The largest absolute Gasteiger partial charge is 0.461 e. The number of ether oxygens (including phenoxy) is 3. The number of hydrogen-bond acceptors (Lipinski definition) is 6. The number of hydrogen-bond donors (Lipinski definition) is 0. The zero-order valence-corrected chi connectivity index (χ0v) is 19.6. The molecule has 1 aromatic carbocycles. The fraction of sp³-hybridized carbons (Fsp3) is 0.346. The van der Waals surface area contributed by atoms with Gasteiger partial charge in [-0.2, -0.15) is 0 Å². The minimum absolute atomic E-state index is 0.0812. The standard InChI is InChI=1S/C18H26O6.C8H8/c1-8-18(9-22-15(19)12(2)3,10-23-16(20)13(4)5)11-24-17(21)14(6)7;1-2-8-6-4-3-5-7-8/h2,4,6,8-11H2,1,3,5,7H3;2-7H,1H2. The number of rotatable bonds is 11. The summed E-state index contributed by atoms with van der Waals surface area (Å²) in [5.74, 6) is -1.69. The molecule has 0 atom stereocenters. The number of carbonyl (C=O) groups excluding carboxylic acids is 3. The van der Waals surface area contributed by atoms with E-state index < -0.39 is 23.3 Å². The first-order valence-electron chi connectivity index (χ1n) is 10.1. The summed E-state index contributed by atoms with van der Waals surface area (Å²) >= 11 is 0. The maximum atomic E-state index is 11.6. The Hall–Kier alpha value is -3.41. The fourth-order valence-corrected chi connectivity index (χ4v) is 2.05. The quantitative estimate of drug-likeness (QED) is 0.270. The van der Waals surface area contributed by atoms with Crippen molar-refractivity contribution in [2.24, 2.45) is 5.41 Å². The average Bonchev–Trinajstić information content (AvgIpc) is 2.78. The van der Waals surface area contributed by atoms with E-state index in [9.17, 15) is 14.4 Å². The highest BCUT2D eigenvalue weighted by Crippen LogP contribution is 2.25. The number of esters is 3. The molecule has 0 saturated carbocycles. The minimum Gasteiger partial charge on any atom is -0.461 e. The predicted octanol–water partition coefficient (Wildman–Crippen LogP) is 5.07. The van der Waals surface area contributed by atoms with Crippen LogP contribution in [0.3, 0.4) is 0 Å². The SMILES string of the molecule is C=C(C)C(=O)OCC(CC)(COC(=O)C(=C)C)COC(=O)C(=C)C.C=Cc1ccccc1. The van der Waals surface area contributed by atoms with Crippen LogP contribution in [0.1, 0.15) is 39.7 Å². The molecule has 0 N–H and O–H groups in total. The summed E-state index contributed by atoms with van der Waals surface area (Å²) in [5.41, 5.74) is 1.06. The second kappa shape index (κ2) is 14.6. The molecule has 1 rings (SSSR count). The molecule has 0 radical (unpaired) electrons. The Morgan fingerprint density at radius 3 is 1.34 bits per heavy atom. The normalized spacial score (nSPS) is 10.0. The molecule has 0 bridgehead atoms. The lowest BCUT2D eigenvalue weighted by Gasteiger charge is -2.31. The molecule has 0 aliphatic carbocycles. The van der Waals surface area contributed by atoms with Crippen LogP contribution in [-0.2, 0) is 28.6 Å². The summed E-state index contributed by atoms with van der Waals surface area (Å²) in [6.07, 6.45) is 2.28. The van der Waals surface area contributed by atoms with Gasteiger partial charge in [0.15, 0.2) is 0 Å². The van der Waals surface area contributed by atoms with Crippen LogP contribution < -0.4 is 0 Å². The molecule has 0 saturated heterocycles. The van der Waals surface area contributed by atoms with E-state index in [0.717, 1.165) is 0 Å². The van der Waals surface area contributed by atoms with Crippen LogP contribution in [0.15, 0.2) is 73.4 Å². The molecule has 0 unspecified atom stereocenters. The summed E-state index contributed by atoms with van der Waals surface area (Å²) in [6, 6.07) is 10.0. The van der Waals surface area contributed by atoms with Crippen molar-refractivity contribution < 1.29 is 28.6 Å². The van der Waals surface area contributed by atoms with Crippen molar-refractivity contribution >= 4 is 24.0 Å². The maximum absolute atomic E-state index is 11.6. The molecule has 32 heavy (non-hydrogen) atoms. The minimum atomic E-state index is -0.860. The Labute approximate surface area is 191 Å². The fourth-order valence-electron chi connectivity index (χ4n) is 2.05. The highest BCUT2D eigenvalue weighted by Gasteiger charge is 2.34. The van der Waals surface area contributed by atoms with Crippen LogP contribution in [0, 0.1) is 5.41 Å². The molecule has 1 aromatic rings. The van der Waals surface area contributed by atoms with Gasteiger partial charge in [0, 0.05) is 16.7 Å². The van der Waals surface area contributed by atoms with Gasteiger partial charge in [0.1, 0.15) is 19.8 Å². The Morgan fingerprint density at radius 1 is 0.781 bits per heavy atom. The molecular formula is C26H34O6. The van der Waals surface area contributed by atoms with Gasteiger partial charge < -0.3 is 14.2 Å². The lowest BCUT2D eigenvalue weighted by Crippen LogP contribution is -2.39. The summed E-state index contributed by atoms with van der Waals surface area (Å²) in [6.45, 7) is 20.3. The Kier molecular flexibility index (Phi) is 13.0. The van der Waals surface area contributed by atoms with E-state index in [1.807, 2.05) is 43.3 Å². The van der Waals surface area contributed by atoms with Crippen molar-refractivity contribution in [3.63, 3.8) is 0 Å². The van der Waals surface area contributed by atoms with Gasteiger partial charge in [0.25, 0.3) is 0 Å². The summed E-state index contributed by atoms with van der Waals surface area (Å²) in [7, 11) is 0. The van der Waals surface area contributed by atoms with Gasteiger partial charge in [-0.3, -0.25) is 0 Å². The van der Waals surface area contributed by atoms with Crippen molar-refractivity contribution in [1.29, 1.82) is 0 Å². The van der Waals surface area contributed by atoms with Crippen molar-refractivity contribution in [2.75, 3.05) is 19.8 Å². The molecule has 0 aliphatic heterocycles. The zero-order chi connectivity index (χ0) is 24.7. The van der Waals surface area contributed by atoms with Crippen LogP contribution in [0.2, 0.25) is 0 Å². The molecule has 0 aromatic heterocycles. The smallest absolute Gasteiger partial charge is 0.333 e. The van der Waals surface area contributed by atoms with Crippen LogP contribution in [-0.4, -0.2) is 37.7 Å². The molecular weight excluding hydrogens is 408 g/mol. The van der Waals surface area contributed by atoms with E-state index in [0.29, 0.717) is 6.42 Å². The van der Waals surface area contributed by atoms with Crippen molar-refractivity contribution in [3.05, 3.63) is 78.9 Å². The first-order chi connectivity index (χ1) is 15.0. The molecule has 0 fully saturated rings. The first-order valence-corrected chi connectivity index (χ1v) is 10.1. The highest BCUT2D eigenvalue weighted by molar-refractivity contribution is 5.88. The van der Waals surface area contributed by atoms with Gasteiger partial charge in [0.05, 0.1) is 5.41 Å². The van der Waals surface area contributed by atoms with Gasteiger partial charge in [-0.05, 0) is 32.8 Å². The lowest BCUT2D eigenvalue weighted by atomic mass is 9.88. The molecule has 0 aliphatic rings. The lowest BCUT2D eigenvalue weighted by molar-refractivity contribution is -0.157. The second-order valence-corrected chi connectivity index (χ2v) is 7.54. The van der Waals surface area contributed by atoms with Crippen LogP contribution >= 0.6 is 0 Å². The topological polar surface area (TPSA) is 78.9 Å². The summed E-state index contributed by atoms with van der Waals surface area (Å²) in [4.78, 5) is 34.9. The maximum Gasteiger partial charge on any atom is 0.333 e. The predicted molar refractivity (Wildman–Crippen MR) is 127 cm³/mol. The molecule has 6 nitrogen and oxygen atoms in total. The molecule has 6 heteroatoms. The monoisotopic (exact) mass is 442 g/mol. The Morgan fingerprint density at radius 2 is 1.12 bits per heavy atom. The van der Waals surface area contributed by atoms with Crippen molar-refractivity contribution in [3.8, 4) is 0 Å².